The number of carbonyl (C=O) groups excluding carboxylic acids is 2. The standard InChI is InChI=1S/C30H37N3O5S/c1-6-23(3)31-30(35)24(4)32(20-25-10-8-7-9-11-25)29(34)21-33(26-14-12-22(2)13-15-26)39(36,37)28-18-16-27(38-5)17-19-28/h7-19,23-24H,6,20-21H2,1-5H3,(H,31,35)/t23-,24-/m1/s1. The Labute approximate surface area is 231 Å². The molecule has 0 radical (unpaired) electrons. The Kier molecular flexibility index (Phi) is 10.1. The van der Waals surface area contributed by atoms with E-state index in [-0.39, 0.29) is 23.4 Å². The van der Waals surface area contributed by atoms with Crippen LogP contribution < -0.4 is 14.4 Å². The molecule has 0 aliphatic carbocycles. The van der Waals surface area contributed by atoms with E-state index in [4.69, 9.17) is 4.74 Å². The van der Waals surface area contributed by atoms with Gasteiger partial charge in [-0.15, -0.1) is 0 Å². The number of sulfonamides is 1. The SMILES string of the molecule is CC[C@@H](C)NC(=O)[C@@H](C)N(Cc1ccccc1)C(=O)CN(c1ccc(C)cc1)S(=O)(=O)c1ccc(OC)cc1. The molecular formula is C30H37N3O5S. The first-order chi connectivity index (χ1) is 18.6. The first kappa shape index (κ1) is 29.7. The molecule has 0 aromatic heterocycles. The van der Waals surface area contributed by atoms with Crippen molar-refractivity contribution in [2.24, 2.45) is 0 Å². The van der Waals surface area contributed by atoms with Gasteiger partial charge in [-0.05, 0) is 69.2 Å². The number of rotatable bonds is 12. The Morgan fingerprint density at radius 2 is 1.54 bits per heavy atom. The Morgan fingerprint density at radius 1 is 0.923 bits per heavy atom. The number of nitrogens with one attached hydrogen (secondary N) is 1. The molecule has 0 saturated carbocycles. The van der Waals surface area contributed by atoms with Gasteiger partial charge in [-0.2, -0.15) is 0 Å². The summed E-state index contributed by atoms with van der Waals surface area (Å²) in [5, 5.41) is 2.93. The van der Waals surface area contributed by atoms with Crippen molar-refractivity contribution >= 4 is 27.5 Å². The summed E-state index contributed by atoms with van der Waals surface area (Å²) < 4.78 is 34.0. The van der Waals surface area contributed by atoms with Gasteiger partial charge in [0.15, 0.2) is 0 Å². The maximum Gasteiger partial charge on any atom is 0.264 e. The minimum Gasteiger partial charge on any atom is -0.497 e. The molecule has 0 unspecified atom stereocenters. The second kappa shape index (κ2) is 13.3. The number of carbonyl (C=O) groups is 2. The maximum atomic E-state index is 13.9. The quantitative estimate of drug-likeness (QED) is 0.357. The van der Waals surface area contributed by atoms with Crippen LogP contribution in [0.25, 0.3) is 0 Å². The van der Waals surface area contributed by atoms with Crippen LogP contribution in [0.2, 0.25) is 0 Å². The van der Waals surface area contributed by atoms with Crippen LogP contribution in [-0.4, -0.2) is 50.9 Å². The Hall–Kier alpha value is -3.85. The Morgan fingerprint density at radius 3 is 2.10 bits per heavy atom. The smallest absolute Gasteiger partial charge is 0.264 e. The predicted octanol–water partition coefficient (Wildman–Crippen LogP) is 4.53. The topological polar surface area (TPSA) is 96.0 Å². The van der Waals surface area contributed by atoms with Crippen molar-refractivity contribution in [1.29, 1.82) is 0 Å². The molecule has 0 aliphatic heterocycles. The summed E-state index contributed by atoms with van der Waals surface area (Å²) in [6.45, 7) is 7.09. The van der Waals surface area contributed by atoms with Gasteiger partial charge in [0, 0.05) is 12.6 Å². The highest BCUT2D eigenvalue weighted by Gasteiger charge is 2.32. The molecule has 0 bridgehead atoms. The highest BCUT2D eigenvalue weighted by atomic mass is 32.2. The number of methoxy groups -OCH3 is 1. The number of amides is 2. The van der Waals surface area contributed by atoms with Crippen LogP contribution in [0.4, 0.5) is 5.69 Å². The van der Waals surface area contributed by atoms with Crippen LogP contribution in [0.15, 0.2) is 83.8 Å². The van der Waals surface area contributed by atoms with E-state index in [1.54, 1.807) is 43.3 Å². The lowest BCUT2D eigenvalue weighted by Gasteiger charge is -2.32. The lowest BCUT2D eigenvalue weighted by atomic mass is 10.1. The second-order valence-corrected chi connectivity index (χ2v) is 11.4. The van der Waals surface area contributed by atoms with E-state index in [0.717, 1.165) is 21.9 Å². The molecule has 39 heavy (non-hydrogen) atoms. The van der Waals surface area contributed by atoms with Crippen LogP contribution in [0.5, 0.6) is 5.75 Å². The van der Waals surface area contributed by atoms with Crippen molar-refractivity contribution in [1.82, 2.24) is 10.2 Å². The summed E-state index contributed by atoms with van der Waals surface area (Å²) >= 11 is 0. The second-order valence-electron chi connectivity index (χ2n) is 9.52. The zero-order chi connectivity index (χ0) is 28.6. The highest BCUT2D eigenvalue weighted by Crippen LogP contribution is 2.26. The van der Waals surface area contributed by atoms with Crippen LogP contribution in [-0.2, 0) is 26.2 Å². The molecule has 2 atom stereocenters. The maximum absolute atomic E-state index is 13.9. The lowest BCUT2D eigenvalue weighted by Crippen LogP contribution is -2.52. The highest BCUT2D eigenvalue weighted by molar-refractivity contribution is 7.92. The summed E-state index contributed by atoms with van der Waals surface area (Å²) in [7, 11) is -2.63. The van der Waals surface area contributed by atoms with Crippen LogP contribution in [0.3, 0.4) is 0 Å². The van der Waals surface area contributed by atoms with E-state index in [2.05, 4.69) is 5.32 Å². The molecule has 2 amide bonds. The van der Waals surface area contributed by atoms with E-state index in [9.17, 15) is 18.0 Å². The van der Waals surface area contributed by atoms with Crippen molar-refractivity contribution < 1.29 is 22.7 Å². The van der Waals surface area contributed by atoms with Crippen molar-refractivity contribution in [3.05, 3.63) is 90.0 Å². The molecule has 0 fully saturated rings. The third kappa shape index (κ3) is 7.60. The molecular weight excluding hydrogens is 514 g/mol. The number of hydrogen-bond donors (Lipinski definition) is 1. The number of ether oxygens (including phenoxy) is 1. The first-order valence-corrected chi connectivity index (χ1v) is 14.4. The molecule has 9 heteroatoms. The number of anilines is 1. The number of nitrogens with zero attached hydrogens (tertiary/aromatic N) is 2. The van der Waals surface area contributed by atoms with Crippen molar-refractivity contribution in [3.8, 4) is 5.75 Å². The summed E-state index contributed by atoms with van der Waals surface area (Å²) in [6, 6.07) is 21.4. The van der Waals surface area contributed by atoms with E-state index >= 15 is 0 Å². The van der Waals surface area contributed by atoms with E-state index < -0.39 is 28.5 Å². The van der Waals surface area contributed by atoms with Gasteiger partial charge in [0.1, 0.15) is 18.3 Å². The van der Waals surface area contributed by atoms with Gasteiger partial charge in [0.25, 0.3) is 10.0 Å². The third-order valence-corrected chi connectivity index (χ3v) is 8.40. The monoisotopic (exact) mass is 551 g/mol. The van der Waals surface area contributed by atoms with Crippen molar-refractivity contribution in [2.75, 3.05) is 18.0 Å². The number of benzene rings is 3. The van der Waals surface area contributed by atoms with Gasteiger partial charge in [0.05, 0.1) is 17.7 Å². The van der Waals surface area contributed by atoms with E-state index in [1.807, 2.05) is 51.1 Å². The molecule has 0 heterocycles. The summed E-state index contributed by atoms with van der Waals surface area (Å²) in [5.74, 6) is -0.279. The summed E-state index contributed by atoms with van der Waals surface area (Å²) in [5.41, 5.74) is 2.13. The fraction of sp³-hybridized carbons (Fsp3) is 0.333. The molecule has 0 saturated heterocycles. The minimum atomic E-state index is -4.13. The zero-order valence-electron chi connectivity index (χ0n) is 23.1. The first-order valence-electron chi connectivity index (χ1n) is 12.9. The predicted molar refractivity (Wildman–Crippen MR) is 153 cm³/mol. The normalized spacial score (nSPS) is 12.7. The third-order valence-electron chi connectivity index (χ3n) is 6.61. The van der Waals surface area contributed by atoms with Gasteiger partial charge < -0.3 is 15.0 Å². The van der Waals surface area contributed by atoms with Crippen LogP contribution >= 0.6 is 0 Å². The number of aryl methyl sites for hydroxylation is 1. The van der Waals surface area contributed by atoms with Crippen LogP contribution in [0.1, 0.15) is 38.3 Å². The molecule has 3 rings (SSSR count). The molecule has 1 N–H and O–H groups in total. The minimum absolute atomic E-state index is 0.0221. The van der Waals surface area contributed by atoms with Crippen LogP contribution in [0, 0.1) is 6.92 Å². The Bertz CT molecular complexity index is 1340. The summed E-state index contributed by atoms with van der Waals surface area (Å²) in [6.07, 6.45) is 0.742. The van der Waals surface area contributed by atoms with E-state index in [1.165, 1.54) is 24.1 Å². The Balaban J connectivity index is 2.00. The molecule has 3 aromatic rings. The lowest BCUT2D eigenvalue weighted by molar-refractivity contribution is -0.139. The molecule has 3 aromatic carbocycles. The van der Waals surface area contributed by atoms with Crippen molar-refractivity contribution in [3.63, 3.8) is 0 Å². The van der Waals surface area contributed by atoms with Gasteiger partial charge in [-0.3, -0.25) is 13.9 Å². The summed E-state index contributed by atoms with van der Waals surface area (Å²) in [4.78, 5) is 28.4. The number of hydrogen-bond acceptors (Lipinski definition) is 5. The molecule has 0 spiro atoms. The zero-order valence-corrected chi connectivity index (χ0v) is 23.9. The molecule has 8 nitrogen and oxygen atoms in total. The largest absolute Gasteiger partial charge is 0.497 e. The molecule has 208 valence electrons. The average molecular weight is 552 g/mol. The van der Waals surface area contributed by atoms with E-state index in [0.29, 0.717) is 11.4 Å². The molecule has 0 aliphatic rings. The van der Waals surface area contributed by atoms with Gasteiger partial charge in [-0.25, -0.2) is 8.42 Å². The van der Waals surface area contributed by atoms with Gasteiger partial charge in [0.2, 0.25) is 11.8 Å². The fourth-order valence-corrected chi connectivity index (χ4v) is 5.36. The average Bonchev–Trinajstić information content (AvgIpc) is 2.95. The van der Waals surface area contributed by atoms with Gasteiger partial charge >= 0.3 is 0 Å². The fourth-order valence-electron chi connectivity index (χ4n) is 3.94. The van der Waals surface area contributed by atoms with Gasteiger partial charge in [-0.1, -0.05) is 55.0 Å². The van der Waals surface area contributed by atoms with Crippen molar-refractivity contribution in [2.45, 2.75) is 57.6 Å².